The number of rotatable bonds is 1. The first kappa shape index (κ1) is 16.4. The van der Waals surface area contributed by atoms with Crippen LogP contribution in [0.2, 0.25) is 0 Å². The van der Waals surface area contributed by atoms with Gasteiger partial charge in [0.15, 0.2) is 0 Å². The Hall–Kier alpha value is -0.0800. The van der Waals surface area contributed by atoms with Crippen molar-refractivity contribution in [1.29, 1.82) is 0 Å². The lowest BCUT2D eigenvalue weighted by atomic mass is 9.44. The fourth-order valence-electron chi connectivity index (χ4n) is 7.76. The zero-order chi connectivity index (χ0) is 16.4. The highest BCUT2D eigenvalue weighted by Crippen LogP contribution is 2.67. The molecule has 132 valence electrons. The van der Waals surface area contributed by atoms with Gasteiger partial charge in [0, 0.05) is 7.11 Å². The quantitative estimate of drug-likeness (QED) is 0.762. The summed E-state index contributed by atoms with van der Waals surface area (Å²) >= 11 is 0. The fraction of sp³-hybridized carbons (Fsp3) is 1.00. The van der Waals surface area contributed by atoms with Gasteiger partial charge in [0.25, 0.3) is 0 Å². The Bertz CT molecular complexity index is 463. The van der Waals surface area contributed by atoms with Gasteiger partial charge in [0.2, 0.25) is 0 Å². The van der Waals surface area contributed by atoms with Crippen LogP contribution >= 0.6 is 0 Å². The molecule has 0 spiro atoms. The number of hydrogen-bond acceptors (Lipinski definition) is 2. The van der Waals surface area contributed by atoms with E-state index in [9.17, 15) is 5.11 Å². The Balaban J connectivity index is 1.62. The normalized spacial score (nSPS) is 59.1. The van der Waals surface area contributed by atoms with Gasteiger partial charge in [-0.3, -0.25) is 0 Å². The molecular weight excluding hydrogens is 284 g/mol. The summed E-state index contributed by atoms with van der Waals surface area (Å²) in [6, 6.07) is 0. The van der Waals surface area contributed by atoms with Crippen molar-refractivity contribution < 1.29 is 9.84 Å². The molecule has 23 heavy (non-hydrogen) atoms. The van der Waals surface area contributed by atoms with Gasteiger partial charge < -0.3 is 9.84 Å². The van der Waals surface area contributed by atoms with Crippen molar-refractivity contribution in [2.24, 2.45) is 40.4 Å². The second-order valence-corrected chi connectivity index (χ2v) is 9.96. The third-order valence-corrected chi connectivity index (χ3v) is 9.44. The first-order valence-corrected chi connectivity index (χ1v) is 10.1. The van der Waals surface area contributed by atoms with Crippen LogP contribution in [0.3, 0.4) is 0 Å². The van der Waals surface area contributed by atoms with Gasteiger partial charge in [-0.15, -0.1) is 0 Å². The van der Waals surface area contributed by atoms with Gasteiger partial charge in [-0.05, 0) is 91.8 Å². The summed E-state index contributed by atoms with van der Waals surface area (Å²) < 4.78 is 5.67. The van der Waals surface area contributed by atoms with E-state index in [4.69, 9.17) is 4.74 Å². The lowest BCUT2D eigenvalue weighted by Gasteiger charge is -2.61. The van der Waals surface area contributed by atoms with Gasteiger partial charge in [-0.2, -0.15) is 0 Å². The van der Waals surface area contributed by atoms with Crippen LogP contribution in [-0.4, -0.2) is 24.4 Å². The molecule has 0 aromatic carbocycles. The molecule has 4 aliphatic rings. The van der Waals surface area contributed by atoms with Gasteiger partial charge in [0.1, 0.15) is 0 Å². The first-order valence-electron chi connectivity index (χ1n) is 10.1. The first-order chi connectivity index (χ1) is 10.9. The third kappa shape index (κ3) is 2.20. The summed E-state index contributed by atoms with van der Waals surface area (Å²) in [5, 5.41) is 10.4. The molecule has 0 aliphatic heterocycles. The number of methoxy groups -OCH3 is 1. The number of fused-ring (bicyclic) bond motifs is 5. The molecule has 0 aromatic heterocycles. The summed E-state index contributed by atoms with van der Waals surface area (Å²) in [7, 11) is 1.79. The second kappa shape index (κ2) is 5.46. The van der Waals surface area contributed by atoms with Gasteiger partial charge in [-0.25, -0.2) is 0 Å². The third-order valence-electron chi connectivity index (χ3n) is 9.44. The van der Waals surface area contributed by atoms with E-state index in [1.165, 1.54) is 38.5 Å². The zero-order valence-corrected chi connectivity index (χ0v) is 15.6. The highest BCUT2D eigenvalue weighted by Gasteiger charge is 2.60. The standard InChI is InChI=1S/C21H36O2/c1-13-5-8-16-15-7-6-14-11-18(22)19(23-4)12-21(14,3)17(15)9-10-20(13,16)2/h13-19,22H,5-12H2,1-4H3/t13-,14+,15+,16+,17+,18+,19+,20-,21+/m1/s1. The SMILES string of the molecule is CO[C@H]1C[C@@]2(C)[C@@H](CC[C@@H]3[C@@H]2CC[C@]2(C)[C@H](C)CC[C@@H]32)C[C@@H]1O. The summed E-state index contributed by atoms with van der Waals surface area (Å²) in [6.07, 6.45) is 10.4. The minimum atomic E-state index is -0.241. The monoisotopic (exact) mass is 320 g/mol. The van der Waals surface area contributed by atoms with Crippen molar-refractivity contribution in [3.05, 3.63) is 0 Å². The van der Waals surface area contributed by atoms with E-state index >= 15 is 0 Å². The molecule has 2 nitrogen and oxygen atoms in total. The van der Waals surface area contributed by atoms with E-state index in [2.05, 4.69) is 20.8 Å². The largest absolute Gasteiger partial charge is 0.390 e. The van der Waals surface area contributed by atoms with E-state index in [0.29, 0.717) is 16.7 Å². The average Bonchev–Trinajstić information content (AvgIpc) is 2.83. The molecule has 1 N–H and O–H groups in total. The molecule has 0 unspecified atom stereocenters. The number of aliphatic hydroxyl groups excluding tert-OH is 1. The van der Waals surface area contributed by atoms with Crippen molar-refractivity contribution >= 4 is 0 Å². The average molecular weight is 321 g/mol. The van der Waals surface area contributed by atoms with Gasteiger partial charge in [0.05, 0.1) is 12.2 Å². The van der Waals surface area contributed by atoms with Crippen LogP contribution in [0, 0.1) is 40.4 Å². The van der Waals surface area contributed by atoms with Crippen molar-refractivity contribution in [2.75, 3.05) is 7.11 Å². The molecule has 0 aromatic rings. The van der Waals surface area contributed by atoms with E-state index in [1.54, 1.807) is 7.11 Å². The Kier molecular flexibility index (Phi) is 3.89. The highest BCUT2D eigenvalue weighted by atomic mass is 16.5. The summed E-state index contributed by atoms with van der Waals surface area (Å²) in [6.45, 7) is 7.65. The number of aliphatic hydroxyl groups is 1. The van der Waals surface area contributed by atoms with Crippen molar-refractivity contribution in [3.8, 4) is 0 Å². The lowest BCUT2D eigenvalue weighted by molar-refractivity contribution is -0.165. The van der Waals surface area contributed by atoms with Crippen molar-refractivity contribution in [2.45, 2.75) is 84.3 Å². The molecule has 9 atom stereocenters. The zero-order valence-electron chi connectivity index (χ0n) is 15.6. The molecule has 4 rings (SSSR count). The maximum Gasteiger partial charge on any atom is 0.0835 e. The minimum Gasteiger partial charge on any atom is -0.390 e. The van der Waals surface area contributed by atoms with Crippen LogP contribution in [0.5, 0.6) is 0 Å². The maximum absolute atomic E-state index is 10.4. The molecule has 4 aliphatic carbocycles. The minimum absolute atomic E-state index is 0.0609. The fourth-order valence-corrected chi connectivity index (χ4v) is 7.76. The van der Waals surface area contributed by atoms with Crippen molar-refractivity contribution in [1.82, 2.24) is 0 Å². The van der Waals surface area contributed by atoms with Crippen LogP contribution in [-0.2, 0) is 4.74 Å². The Morgan fingerprint density at radius 2 is 1.70 bits per heavy atom. The topological polar surface area (TPSA) is 29.5 Å². The molecule has 0 heterocycles. The molecule has 2 heteroatoms. The van der Waals surface area contributed by atoms with Gasteiger partial charge in [-0.1, -0.05) is 20.8 Å². The maximum atomic E-state index is 10.4. The Morgan fingerprint density at radius 1 is 0.957 bits per heavy atom. The molecule has 0 saturated heterocycles. The summed E-state index contributed by atoms with van der Waals surface area (Å²) in [5.41, 5.74) is 1.01. The predicted molar refractivity (Wildman–Crippen MR) is 93.1 cm³/mol. The van der Waals surface area contributed by atoms with E-state index < -0.39 is 0 Å². The summed E-state index contributed by atoms with van der Waals surface area (Å²) in [5.74, 6) is 4.40. The molecular formula is C21H36O2. The van der Waals surface area contributed by atoms with Crippen LogP contribution in [0.25, 0.3) is 0 Å². The van der Waals surface area contributed by atoms with Crippen LogP contribution < -0.4 is 0 Å². The Morgan fingerprint density at radius 3 is 2.43 bits per heavy atom. The van der Waals surface area contributed by atoms with Crippen LogP contribution in [0.1, 0.15) is 72.1 Å². The second-order valence-electron chi connectivity index (χ2n) is 9.96. The Labute approximate surface area is 142 Å². The predicted octanol–water partition coefficient (Wildman–Crippen LogP) is 4.65. The van der Waals surface area contributed by atoms with E-state index in [1.807, 2.05) is 0 Å². The summed E-state index contributed by atoms with van der Waals surface area (Å²) in [4.78, 5) is 0. The molecule has 4 fully saturated rings. The van der Waals surface area contributed by atoms with Gasteiger partial charge >= 0.3 is 0 Å². The van der Waals surface area contributed by atoms with E-state index in [0.717, 1.165) is 36.5 Å². The van der Waals surface area contributed by atoms with Crippen LogP contribution in [0.4, 0.5) is 0 Å². The van der Waals surface area contributed by atoms with Crippen molar-refractivity contribution in [3.63, 3.8) is 0 Å². The molecule has 0 amide bonds. The van der Waals surface area contributed by atoms with Crippen LogP contribution in [0.15, 0.2) is 0 Å². The molecule has 0 radical (unpaired) electrons. The number of ether oxygens (including phenoxy) is 1. The smallest absolute Gasteiger partial charge is 0.0835 e. The lowest BCUT2D eigenvalue weighted by Crippen LogP contribution is -2.56. The molecule has 0 bridgehead atoms. The highest BCUT2D eigenvalue weighted by molar-refractivity contribution is 5.09. The van der Waals surface area contributed by atoms with E-state index in [-0.39, 0.29) is 12.2 Å². The number of hydrogen-bond donors (Lipinski definition) is 1. The molecule has 4 saturated carbocycles.